The summed E-state index contributed by atoms with van der Waals surface area (Å²) in [5.41, 5.74) is 0.903. The summed E-state index contributed by atoms with van der Waals surface area (Å²) >= 11 is 0. The molecule has 0 radical (unpaired) electrons. The zero-order valence-electron chi connectivity index (χ0n) is 14.4. The van der Waals surface area contributed by atoms with Crippen LogP contribution in [-0.4, -0.2) is 38.2 Å². The molecular formula is C19H20N2O4S. The number of hydrogen-bond donors (Lipinski definition) is 1. The van der Waals surface area contributed by atoms with Crippen molar-refractivity contribution in [2.24, 2.45) is 0 Å². The van der Waals surface area contributed by atoms with Crippen LogP contribution in [-0.2, 0) is 14.6 Å². The van der Waals surface area contributed by atoms with E-state index in [2.05, 4.69) is 22.1 Å². The number of hydrogen-bond acceptors (Lipinski definition) is 5. The Morgan fingerprint density at radius 3 is 2.62 bits per heavy atom. The molecule has 0 spiro atoms. The van der Waals surface area contributed by atoms with Gasteiger partial charge in [-0.05, 0) is 31.2 Å². The fourth-order valence-electron chi connectivity index (χ4n) is 1.98. The van der Waals surface area contributed by atoms with Crippen LogP contribution < -0.4 is 10.1 Å². The molecule has 0 saturated carbocycles. The van der Waals surface area contributed by atoms with E-state index in [1.54, 1.807) is 30.5 Å². The number of sulfone groups is 1. The first-order chi connectivity index (χ1) is 12.5. The number of aryl methyl sites for hydroxylation is 1. The molecule has 0 aliphatic carbocycles. The molecule has 1 N–H and O–H groups in total. The molecule has 1 aromatic heterocycles. The lowest BCUT2D eigenvalue weighted by Gasteiger charge is -2.04. The SMILES string of the molecule is Cc1ccc(OCC#CCNC(=O)CCS(=O)(=O)c2ccccc2)cn1. The van der Waals surface area contributed by atoms with Gasteiger partial charge in [-0.1, -0.05) is 30.0 Å². The van der Waals surface area contributed by atoms with Crippen molar-refractivity contribution in [1.82, 2.24) is 10.3 Å². The molecule has 1 heterocycles. The lowest BCUT2D eigenvalue weighted by molar-refractivity contribution is -0.120. The van der Waals surface area contributed by atoms with E-state index in [0.717, 1.165) is 5.69 Å². The number of aromatic nitrogens is 1. The summed E-state index contributed by atoms with van der Waals surface area (Å²) in [5, 5.41) is 2.57. The van der Waals surface area contributed by atoms with Gasteiger partial charge < -0.3 is 10.1 Å². The van der Waals surface area contributed by atoms with Gasteiger partial charge in [0.05, 0.1) is 23.4 Å². The number of ether oxygens (including phenoxy) is 1. The number of carbonyl (C=O) groups is 1. The van der Waals surface area contributed by atoms with Crippen molar-refractivity contribution in [2.45, 2.75) is 18.2 Å². The van der Waals surface area contributed by atoms with E-state index in [-0.39, 0.29) is 36.1 Å². The summed E-state index contributed by atoms with van der Waals surface area (Å²) < 4.78 is 29.5. The van der Waals surface area contributed by atoms with Gasteiger partial charge in [0.15, 0.2) is 9.84 Å². The van der Waals surface area contributed by atoms with Crippen molar-refractivity contribution in [2.75, 3.05) is 18.9 Å². The second kappa shape index (κ2) is 9.59. The molecule has 1 amide bonds. The largest absolute Gasteiger partial charge is 0.479 e. The second-order valence-electron chi connectivity index (χ2n) is 5.44. The quantitative estimate of drug-likeness (QED) is 0.749. The Labute approximate surface area is 153 Å². The Hall–Kier alpha value is -2.85. The van der Waals surface area contributed by atoms with E-state index in [9.17, 15) is 13.2 Å². The van der Waals surface area contributed by atoms with E-state index in [0.29, 0.717) is 5.75 Å². The average molecular weight is 372 g/mol. The fourth-order valence-corrected chi connectivity index (χ4v) is 3.24. The third-order valence-electron chi connectivity index (χ3n) is 3.39. The van der Waals surface area contributed by atoms with Crippen LogP contribution in [0.4, 0.5) is 0 Å². The minimum atomic E-state index is -3.45. The number of benzene rings is 1. The van der Waals surface area contributed by atoms with Crippen LogP contribution in [0.3, 0.4) is 0 Å². The highest BCUT2D eigenvalue weighted by molar-refractivity contribution is 7.91. The van der Waals surface area contributed by atoms with Gasteiger partial charge in [-0.15, -0.1) is 0 Å². The van der Waals surface area contributed by atoms with E-state index < -0.39 is 9.84 Å². The molecule has 0 bridgehead atoms. The topological polar surface area (TPSA) is 85.4 Å². The molecule has 0 unspecified atom stereocenters. The fraction of sp³-hybridized carbons (Fsp3) is 0.263. The molecule has 2 aromatic rings. The van der Waals surface area contributed by atoms with Gasteiger partial charge in [0.2, 0.25) is 5.91 Å². The maximum Gasteiger partial charge on any atom is 0.221 e. The van der Waals surface area contributed by atoms with Crippen LogP contribution >= 0.6 is 0 Å². The molecule has 0 fully saturated rings. The molecular weight excluding hydrogens is 352 g/mol. The molecule has 6 nitrogen and oxygen atoms in total. The number of carbonyl (C=O) groups excluding carboxylic acids is 1. The molecule has 0 aliphatic heterocycles. The van der Waals surface area contributed by atoms with Gasteiger partial charge in [0.1, 0.15) is 12.4 Å². The van der Waals surface area contributed by atoms with E-state index in [1.807, 2.05) is 13.0 Å². The second-order valence-corrected chi connectivity index (χ2v) is 7.55. The smallest absolute Gasteiger partial charge is 0.221 e. The van der Waals surface area contributed by atoms with Crippen molar-refractivity contribution in [3.63, 3.8) is 0 Å². The number of nitrogens with zero attached hydrogens (tertiary/aromatic N) is 1. The highest BCUT2D eigenvalue weighted by Crippen LogP contribution is 2.11. The number of nitrogens with one attached hydrogen (secondary N) is 1. The number of pyridine rings is 1. The molecule has 1 aromatic carbocycles. The first kappa shape index (κ1) is 19.5. The molecule has 26 heavy (non-hydrogen) atoms. The minimum Gasteiger partial charge on any atom is -0.479 e. The van der Waals surface area contributed by atoms with Gasteiger partial charge >= 0.3 is 0 Å². The van der Waals surface area contributed by atoms with Crippen molar-refractivity contribution in [3.05, 3.63) is 54.4 Å². The molecule has 136 valence electrons. The summed E-state index contributed by atoms with van der Waals surface area (Å²) in [4.78, 5) is 16.0. The molecule has 7 heteroatoms. The van der Waals surface area contributed by atoms with Gasteiger partial charge in [-0.3, -0.25) is 9.78 Å². The first-order valence-electron chi connectivity index (χ1n) is 8.03. The summed E-state index contributed by atoms with van der Waals surface area (Å²) in [5.74, 6) is 5.55. The van der Waals surface area contributed by atoms with Gasteiger partial charge in [-0.2, -0.15) is 0 Å². The van der Waals surface area contributed by atoms with Crippen molar-refractivity contribution in [1.29, 1.82) is 0 Å². The lowest BCUT2D eigenvalue weighted by atomic mass is 10.4. The van der Waals surface area contributed by atoms with E-state index >= 15 is 0 Å². The molecule has 2 rings (SSSR count). The first-order valence-corrected chi connectivity index (χ1v) is 9.68. The van der Waals surface area contributed by atoms with Crippen LogP contribution in [0.15, 0.2) is 53.6 Å². The number of rotatable bonds is 7. The van der Waals surface area contributed by atoms with E-state index in [1.165, 1.54) is 12.1 Å². The summed E-state index contributed by atoms with van der Waals surface area (Å²) in [6.45, 7) is 2.21. The highest BCUT2D eigenvalue weighted by atomic mass is 32.2. The van der Waals surface area contributed by atoms with Crippen molar-refractivity contribution in [3.8, 4) is 17.6 Å². The summed E-state index contributed by atoms with van der Waals surface area (Å²) in [6.07, 6.45) is 1.51. The standard InChI is InChI=1S/C19H20N2O4S/c1-16-9-10-17(15-21-16)25-13-6-5-12-20-19(22)11-14-26(23,24)18-7-3-2-4-8-18/h2-4,7-10,15H,11-14H2,1H3,(H,20,22). The predicted molar refractivity (Wildman–Crippen MR) is 98.4 cm³/mol. The molecule has 0 atom stereocenters. The highest BCUT2D eigenvalue weighted by Gasteiger charge is 2.15. The summed E-state index contributed by atoms with van der Waals surface area (Å²) in [6, 6.07) is 11.7. The zero-order chi connectivity index (χ0) is 18.8. The normalized spacial score (nSPS) is 10.5. The Morgan fingerprint density at radius 2 is 1.92 bits per heavy atom. The van der Waals surface area contributed by atoms with Crippen LogP contribution in [0.5, 0.6) is 5.75 Å². The zero-order valence-corrected chi connectivity index (χ0v) is 15.3. The van der Waals surface area contributed by atoms with Gasteiger partial charge in [0, 0.05) is 12.1 Å². The maximum atomic E-state index is 12.1. The van der Waals surface area contributed by atoms with Crippen molar-refractivity contribution < 1.29 is 17.9 Å². The van der Waals surface area contributed by atoms with Crippen LogP contribution in [0.2, 0.25) is 0 Å². The Bertz CT molecular complexity index is 883. The Morgan fingerprint density at radius 1 is 1.15 bits per heavy atom. The predicted octanol–water partition coefficient (Wildman–Crippen LogP) is 1.75. The van der Waals surface area contributed by atoms with Crippen LogP contribution in [0.1, 0.15) is 12.1 Å². The Balaban J connectivity index is 1.67. The van der Waals surface area contributed by atoms with Gasteiger partial charge in [-0.25, -0.2) is 8.42 Å². The maximum absolute atomic E-state index is 12.1. The Kier molecular flexibility index (Phi) is 7.18. The van der Waals surface area contributed by atoms with Crippen molar-refractivity contribution >= 4 is 15.7 Å². The molecule has 0 aliphatic rings. The lowest BCUT2D eigenvalue weighted by Crippen LogP contribution is -2.26. The third-order valence-corrected chi connectivity index (χ3v) is 5.13. The monoisotopic (exact) mass is 372 g/mol. The van der Waals surface area contributed by atoms with Crippen LogP contribution in [0, 0.1) is 18.8 Å². The summed E-state index contributed by atoms with van der Waals surface area (Å²) in [7, 11) is -3.45. The van der Waals surface area contributed by atoms with Gasteiger partial charge in [0.25, 0.3) is 0 Å². The minimum absolute atomic E-state index is 0.107. The molecule has 0 saturated heterocycles. The van der Waals surface area contributed by atoms with Crippen LogP contribution in [0.25, 0.3) is 0 Å². The number of amides is 1. The third kappa shape index (κ3) is 6.57. The average Bonchev–Trinajstić information content (AvgIpc) is 2.65. The van der Waals surface area contributed by atoms with E-state index in [4.69, 9.17) is 4.74 Å².